The van der Waals surface area contributed by atoms with Crippen molar-refractivity contribution >= 4 is 0 Å². The summed E-state index contributed by atoms with van der Waals surface area (Å²) >= 11 is 0. The van der Waals surface area contributed by atoms with Crippen molar-refractivity contribution in [2.45, 2.75) is 25.7 Å². The van der Waals surface area contributed by atoms with Gasteiger partial charge in [0.15, 0.2) is 0 Å². The molecule has 2 rings (SSSR count). The van der Waals surface area contributed by atoms with E-state index in [9.17, 15) is 5.11 Å². The van der Waals surface area contributed by atoms with Crippen molar-refractivity contribution in [1.82, 2.24) is 4.90 Å². The molecule has 2 heteroatoms. The third-order valence-electron chi connectivity index (χ3n) is 3.66. The zero-order valence-electron chi connectivity index (χ0n) is 10.2. The highest BCUT2D eigenvalue weighted by molar-refractivity contribution is 5.28. The van der Waals surface area contributed by atoms with Crippen LogP contribution in [-0.4, -0.2) is 30.1 Å². The standard InChI is InChI=1S/C14H21NO/c1-11-10-15(2)9-3-4-14(11)12-5-7-13(16)8-6-12/h5-8,11,14,16H,3-4,9-10H2,1-2H3. The minimum atomic E-state index is 0.363. The highest BCUT2D eigenvalue weighted by Crippen LogP contribution is 2.32. The molecule has 0 bridgehead atoms. The molecule has 1 saturated heterocycles. The maximum atomic E-state index is 9.31. The van der Waals surface area contributed by atoms with Crippen LogP contribution in [0.5, 0.6) is 5.75 Å². The summed E-state index contributed by atoms with van der Waals surface area (Å²) in [4.78, 5) is 2.42. The van der Waals surface area contributed by atoms with E-state index < -0.39 is 0 Å². The van der Waals surface area contributed by atoms with Gasteiger partial charge in [-0.2, -0.15) is 0 Å². The van der Waals surface area contributed by atoms with Crippen molar-refractivity contribution in [2.24, 2.45) is 5.92 Å². The van der Waals surface area contributed by atoms with Crippen LogP contribution in [-0.2, 0) is 0 Å². The Hall–Kier alpha value is -1.02. The molecule has 0 aliphatic carbocycles. The third kappa shape index (κ3) is 2.56. The molecule has 0 aromatic heterocycles. The van der Waals surface area contributed by atoms with Gasteiger partial charge >= 0.3 is 0 Å². The van der Waals surface area contributed by atoms with Crippen LogP contribution < -0.4 is 0 Å². The fourth-order valence-corrected chi connectivity index (χ4v) is 2.79. The molecule has 0 saturated carbocycles. The average Bonchev–Trinajstić information content (AvgIpc) is 2.41. The second-order valence-electron chi connectivity index (χ2n) is 5.08. The molecule has 1 fully saturated rings. The molecule has 2 nitrogen and oxygen atoms in total. The lowest BCUT2D eigenvalue weighted by Gasteiger charge is -2.23. The summed E-state index contributed by atoms with van der Waals surface area (Å²) < 4.78 is 0. The van der Waals surface area contributed by atoms with E-state index >= 15 is 0 Å². The van der Waals surface area contributed by atoms with Gasteiger partial charge in [-0.3, -0.25) is 0 Å². The average molecular weight is 219 g/mol. The molecule has 0 spiro atoms. The first-order valence-electron chi connectivity index (χ1n) is 6.14. The molecule has 16 heavy (non-hydrogen) atoms. The van der Waals surface area contributed by atoms with Crippen LogP contribution in [0.3, 0.4) is 0 Å². The van der Waals surface area contributed by atoms with Gasteiger partial charge in [-0.25, -0.2) is 0 Å². The predicted octanol–water partition coefficient (Wildman–Crippen LogP) is 2.84. The molecule has 1 aliphatic heterocycles. The van der Waals surface area contributed by atoms with Crippen LogP contribution in [0, 0.1) is 5.92 Å². The fourth-order valence-electron chi connectivity index (χ4n) is 2.79. The summed E-state index contributed by atoms with van der Waals surface area (Å²) in [5, 5.41) is 9.31. The Kier molecular flexibility index (Phi) is 3.49. The summed E-state index contributed by atoms with van der Waals surface area (Å²) in [6.07, 6.45) is 2.53. The van der Waals surface area contributed by atoms with Crippen LogP contribution in [0.15, 0.2) is 24.3 Å². The van der Waals surface area contributed by atoms with Gasteiger partial charge in [0, 0.05) is 6.54 Å². The Morgan fingerprint density at radius 3 is 2.62 bits per heavy atom. The number of phenolic OH excluding ortho intramolecular Hbond substituents is 1. The third-order valence-corrected chi connectivity index (χ3v) is 3.66. The van der Waals surface area contributed by atoms with E-state index in [4.69, 9.17) is 0 Å². The lowest BCUT2D eigenvalue weighted by Crippen LogP contribution is -2.24. The molecule has 0 amide bonds. The lowest BCUT2D eigenvalue weighted by molar-refractivity contribution is 0.300. The molecule has 0 radical (unpaired) electrons. The molecule has 2 atom stereocenters. The van der Waals surface area contributed by atoms with Gasteiger partial charge in [0.1, 0.15) is 5.75 Å². The number of benzene rings is 1. The van der Waals surface area contributed by atoms with E-state index in [0.717, 1.165) is 0 Å². The molecule has 1 aliphatic rings. The topological polar surface area (TPSA) is 23.5 Å². The number of hydrogen-bond donors (Lipinski definition) is 1. The minimum Gasteiger partial charge on any atom is -0.508 e. The van der Waals surface area contributed by atoms with E-state index in [1.807, 2.05) is 0 Å². The maximum Gasteiger partial charge on any atom is 0.115 e. The first kappa shape index (κ1) is 11.5. The Morgan fingerprint density at radius 1 is 1.25 bits per heavy atom. The van der Waals surface area contributed by atoms with Crippen LogP contribution in [0.2, 0.25) is 0 Å². The van der Waals surface area contributed by atoms with Crippen LogP contribution in [0.25, 0.3) is 0 Å². The first-order chi connectivity index (χ1) is 7.66. The van der Waals surface area contributed by atoms with Crippen molar-refractivity contribution in [1.29, 1.82) is 0 Å². The Morgan fingerprint density at radius 2 is 1.94 bits per heavy atom. The smallest absolute Gasteiger partial charge is 0.115 e. The van der Waals surface area contributed by atoms with Crippen molar-refractivity contribution in [2.75, 3.05) is 20.1 Å². The van der Waals surface area contributed by atoms with E-state index in [-0.39, 0.29) is 0 Å². The monoisotopic (exact) mass is 219 g/mol. The first-order valence-corrected chi connectivity index (χ1v) is 6.14. The van der Waals surface area contributed by atoms with Crippen molar-refractivity contribution in [3.05, 3.63) is 29.8 Å². The second kappa shape index (κ2) is 4.88. The van der Waals surface area contributed by atoms with Crippen molar-refractivity contribution in [3.8, 4) is 5.75 Å². The number of aromatic hydroxyl groups is 1. The normalized spacial score (nSPS) is 27.6. The van der Waals surface area contributed by atoms with E-state index in [0.29, 0.717) is 17.6 Å². The van der Waals surface area contributed by atoms with Gasteiger partial charge < -0.3 is 10.0 Å². The number of hydrogen-bond acceptors (Lipinski definition) is 2. The highest BCUT2D eigenvalue weighted by atomic mass is 16.3. The Labute approximate surface area is 97.9 Å². The second-order valence-corrected chi connectivity index (χ2v) is 5.08. The Balaban J connectivity index is 2.15. The lowest BCUT2D eigenvalue weighted by atomic mass is 9.84. The molecular weight excluding hydrogens is 198 g/mol. The molecule has 1 heterocycles. The summed E-state index contributed by atoms with van der Waals surface area (Å²) in [6.45, 7) is 4.71. The number of rotatable bonds is 1. The van der Waals surface area contributed by atoms with Crippen LogP contribution in [0.1, 0.15) is 31.2 Å². The maximum absolute atomic E-state index is 9.31. The van der Waals surface area contributed by atoms with Crippen LogP contribution >= 0.6 is 0 Å². The summed E-state index contributed by atoms with van der Waals surface area (Å²) in [5.41, 5.74) is 1.38. The predicted molar refractivity (Wildman–Crippen MR) is 66.7 cm³/mol. The molecule has 88 valence electrons. The van der Waals surface area contributed by atoms with Gasteiger partial charge in [0.2, 0.25) is 0 Å². The molecular formula is C14H21NO. The summed E-state index contributed by atoms with van der Waals surface area (Å²) in [7, 11) is 2.20. The van der Waals surface area contributed by atoms with E-state index in [2.05, 4.69) is 31.0 Å². The summed E-state index contributed by atoms with van der Waals surface area (Å²) in [5.74, 6) is 1.70. The van der Waals surface area contributed by atoms with Gasteiger partial charge in [-0.15, -0.1) is 0 Å². The molecule has 2 unspecified atom stereocenters. The molecule has 1 aromatic rings. The van der Waals surface area contributed by atoms with Crippen molar-refractivity contribution < 1.29 is 5.11 Å². The molecule has 1 N–H and O–H groups in total. The highest BCUT2D eigenvalue weighted by Gasteiger charge is 2.23. The van der Waals surface area contributed by atoms with Crippen molar-refractivity contribution in [3.63, 3.8) is 0 Å². The Bertz CT molecular complexity index is 333. The molecule has 1 aromatic carbocycles. The largest absolute Gasteiger partial charge is 0.508 e. The van der Waals surface area contributed by atoms with E-state index in [1.165, 1.54) is 31.5 Å². The van der Waals surface area contributed by atoms with E-state index in [1.54, 1.807) is 12.1 Å². The van der Waals surface area contributed by atoms with Gasteiger partial charge in [0.05, 0.1) is 0 Å². The zero-order chi connectivity index (χ0) is 11.5. The summed E-state index contributed by atoms with van der Waals surface area (Å²) in [6, 6.07) is 7.75. The SMILES string of the molecule is CC1CN(C)CCCC1c1ccc(O)cc1. The quantitative estimate of drug-likeness (QED) is 0.785. The number of likely N-dealkylation sites (tertiary alicyclic amines) is 1. The minimum absolute atomic E-state index is 0.363. The van der Waals surface area contributed by atoms with Gasteiger partial charge in [-0.1, -0.05) is 19.1 Å². The fraction of sp³-hybridized carbons (Fsp3) is 0.571. The zero-order valence-corrected chi connectivity index (χ0v) is 10.2. The number of phenols is 1. The van der Waals surface area contributed by atoms with Gasteiger partial charge in [-0.05, 0) is 56.0 Å². The van der Waals surface area contributed by atoms with Gasteiger partial charge in [0.25, 0.3) is 0 Å². The van der Waals surface area contributed by atoms with Crippen LogP contribution in [0.4, 0.5) is 0 Å². The number of nitrogens with zero attached hydrogens (tertiary/aromatic N) is 1.